The quantitative estimate of drug-likeness (QED) is 0.546. The molecule has 4 aliphatic rings. The predicted octanol–water partition coefficient (Wildman–Crippen LogP) is 2.86. The molecule has 4 rings (SSSR count). The molecule has 5 nitrogen and oxygen atoms in total. The molecule has 0 spiro atoms. The standard InChI is InChI=1S/C17H24BrN4O/c1-22-9-6-19-12-15(22)16(20-17(22)18)13-2-7-21(8-3-13)14-4-10-23-11-5-14/h6,9,12-14H,2-5,7-8,10-11H2,1H3/q+1. The molecule has 1 unspecified atom stereocenters. The fourth-order valence-corrected chi connectivity index (χ4v) is 4.60. The summed E-state index contributed by atoms with van der Waals surface area (Å²) in [6.45, 7) is 4.21. The van der Waals surface area contributed by atoms with E-state index in [1.165, 1.54) is 50.2 Å². The van der Waals surface area contributed by atoms with Crippen LogP contribution in [0.4, 0.5) is 0 Å². The minimum absolute atomic E-state index is 0.548. The Bertz CT molecular complexity index is 598. The number of rotatable bonds is 2. The summed E-state index contributed by atoms with van der Waals surface area (Å²) in [5.41, 5.74) is 2.46. The van der Waals surface area contributed by atoms with Gasteiger partial charge in [0.1, 0.15) is 11.9 Å². The van der Waals surface area contributed by atoms with Crippen LogP contribution in [0.3, 0.4) is 0 Å². The van der Waals surface area contributed by atoms with Gasteiger partial charge in [-0.25, -0.2) is 4.48 Å². The summed E-state index contributed by atoms with van der Waals surface area (Å²) in [7, 11) is 2.16. The number of allylic oxidation sites excluding steroid dienone is 2. The summed E-state index contributed by atoms with van der Waals surface area (Å²) in [4.78, 5) is 11.9. The summed E-state index contributed by atoms with van der Waals surface area (Å²) in [5, 5.41) is 0. The van der Waals surface area contributed by atoms with E-state index in [1.807, 2.05) is 12.4 Å². The predicted molar refractivity (Wildman–Crippen MR) is 95.3 cm³/mol. The molecule has 0 amide bonds. The maximum atomic E-state index is 5.49. The van der Waals surface area contributed by atoms with Crippen LogP contribution in [0.1, 0.15) is 25.7 Å². The van der Waals surface area contributed by atoms with Gasteiger partial charge in [0, 0.05) is 41.1 Å². The molecule has 0 aromatic carbocycles. The first-order chi connectivity index (χ1) is 11.2. The minimum Gasteiger partial charge on any atom is -0.381 e. The van der Waals surface area contributed by atoms with Crippen LogP contribution in [0.2, 0.25) is 0 Å². The second-order valence-electron chi connectivity index (χ2n) is 6.96. The highest BCUT2D eigenvalue weighted by Crippen LogP contribution is 2.39. The highest BCUT2D eigenvalue weighted by molar-refractivity contribution is 9.18. The molecular weight excluding hydrogens is 356 g/mol. The molecule has 0 saturated carbocycles. The molecule has 23 heavy (non-hydrogen) atoms. The third-order valence-corrected chi connectivity index (χ3v) is 6.54. The van der Waals surface area contributed by atoms with E-state index in [-0.39, 0.29) is 0 Å². The fourth-order valence-electron chi connectivity index (χ4n) is 4.10. The summed E-state index contributed by atoms with van der Waals surface area (Å²) >= 11 is 3.66. The van der Waals surface area contributed by atoms with Crippen molar-refractivity contribution >= 4 is 26.9 Å². The van der Waals surface area contributed by atoms with Gasteiger partial charge in [0.05, 0.1) is 19.5 Å². The zero-order chi connectivity index (χ0) is 15.9. The van der Waals surface area contributed by atoms with Gasteiger partial charge in [-0.1, -0.05) is 0 Å². The first-order valence-electron chi connectivity index (χ1n) is 8.57. The Kier molecular flexibility index (Phi) is 4.26. The monoisotopic (exact) mass is 379 g/mol. The van der Waals surface area contributed by atoms with Crippen molar-refractivity contribution in [3.8, 4) is 0 Å². The van der Waals surface area contributed by atoms with E-state index in [2.05, 4.69) is 39.1 Å². The number of amidine groups is 1. The van der Waals surface area contributed by atoms with Crippen LogP contribution in [0.25, 0.3) is 0 Å². The van der Waals surface area contributed by atoms with E-state index in [1.54, 1.807) is 0 Å². The van der Waals surface area contributed by atoms with Crippen LogP contribution in [-0.4, -0.2) is 59.7 Å². The van der Waals surface area contributed by atoms with E-state index in [0.717, 1.165) is 24.0 Å². The van der Waals surface area contributed by atoms with Crippen LogP contribution < -0.4 is 0 Å². The lowest BCUT2D eigenvalue weighted by molar-refractivity contribution is -0.709. The molecule has 0 aromatic rings. The first kappa shape index (κ1) is 15.7. The number of ether oxygens (including phenoxy) is 1. The molecule has 0 bridgehead atoms. The molecule has 0 N–H and O–H groups in total. The molecule has 0 radical (unpaired) electrons. The molecule has 2 fully saturated rings. The highest BCUT2D eigenvalue weighted by atomic mass is 79.9. The number of halogens is 1. The van der Waals surface area contributed by atoms with Crippen LogP contribution >= 0.6 is 15.9 Å². The molecule has 0 aliphatic carbocycles. The molecular formula is C17H24BrN4O+. The van der Waals surface area contributed by atoms with Gasteiger partial charge < -0.3 is 9.64 Å². The Morgan fingerprint density at radius 2 is 1.96 bits per heavy atom. The third-order valence-electron chi connectivity index (χ3n) is 5.63. The van der Waals surface area contributed by atoms with Crippen LogP contribution in [0, 0.1) is 5.92 Å². The smallest absolute Gasteiger partial charge is 0.281 e. The Balaban J connectivity index is 1.47. The molecule has 124 valence electrons. The normalized spacial score (nSPS) is 33.2. The summed E-state index contributed by atoms with van der Waals surface area (Å²) in [5.74, 6) is 0.548. The van der Waals surface area contributed by atoms with Crippen LogP contribution in [-0.2, 0) is 4.74 Å². The Morgan fingerprint density at radius 3 is 2.70 bits per heavy atom. The Hall–Kier alpha value is -0.820. The van der Waals surface area contributed by atoms with E-state index in [4.69, 9.17) is 9.73 Å². The van der Waals surface area contributed by atoms with Crippen molar-refractivity contribution in [3.05, 3.63) is 23.8 Å². The van der Waals surface area contributed by atoms with Crippen molar-refractivity contribution in [3.63, 3.8) is 0 Å². The van der Waals surface area contributed by atoms with Crippen molar-refractivity contribution in [1.82, 2.24) is 4.90 Å². The lowest BCUT2D eigenvalue weighted by Gasteiger charge is -2.39. The van der Waals surface area contributed by atoms with Gasteiger partial charge in [-0.15, -0.1) is 0 Å². The summed E-state index contributed by atoms with van der Waals surface area (Å²) < 4.78 is 7.09. The molecule has 1 atom stereocenters. The zero-order valence-corrected chi connectivity index (χ0v) is 15.2. The average molecular weight is 380 g/mol. The fraction of sp³-hybridized carbons (Fsp3) is 0.647. The molecule has 4 aliphatic heterocycles. The topological polar surface area (TPSA) is 37.2 Å². The summed E-state index contributed by atoms with van der Waals surface area (Å²) in [6, 6.07) is 0.724. The second kappa shape index (κ2) is 6.24. The van der Waals surface area contributed by atoms with Crippen molar-refractivity contribution in [2.75, 3.05) is 33.4 Å². The van der Waals surface area contributed by atoms with Gasteiger partial charge in [0.2, 0.25) is 0 Å². The van der Waals surface area contributed by atoms with Crippen LogP contribution in [0.5, 0.6) is 0 Å². The Labute approximate surface area is 146 Å². The Morgan fingerprint density at radius 1 is 1.22 bits per heavy atom. The van der Waals surface area contributed by atoms with Gasteiger partial charge >= 0.3 is 0 Å². The lowest BCUT2D eigenvalue weighted by Crippen LogP contribution is -2.44. The number of nitrogens with zero attached hydrogens (tertiary/aromatic N) is 4. The molecule has 2 saturated heterocycles. The highest BCUT2D eigenvalue weighted by Gasteiger charge is 2.43. The van der Waals surface area contributed by atoms with Crippen molar-refractivity contribution < 1.29 is 9.22 Å². The number of likely N-dealkylation sites (tertiary alicyclic amines) is 1. The number of hydrogen-bond acceptors (Lipinski definition) is 4. The second-order valence-corrected chi connectivity index (χ2v) is 7.67. The number of piperidine rings is 1. The number of quaternary nitrogens is 1. The van der Waals surface area contributed by atoms with Crippen LogP contribution in [0.15, 0.2) is 33.8 Å². The van der Waals surface area contributed by atoms with E-state index in [9.17, 15) is 0 Å². The van der Waals surface area contributed by atoms with Gasteiger partial charge in [-0.3, -0.25) is 4.99 Å². The lowest BCUT2D eigenvalue weighted by atomic mass is 9.90. The summed E-state index contributed by atoms with van der Waals surface area (Å²) in [6.07, 6.45) is 10.7. The average Bonchev–Trinajstić information content (AvgIpc) is 2.87. The maximum Gasteiger partial charge on any atom is 0.281 e. The largest absolute Gasteiger partial charge is 0.381 e. The number of fused-ring (bicyclic) bond motifs is 1. The van der Waals surface area contributed by atoms with Gasteiger partial charge in [-0.2, -0.15) is 4.99 Å². The SMILES string of the molecule is C[N+]12C=CN=CC1=C(C1CCN(C3CCOCC3)CC1)N=C2Br. The number of hydrogen-bond donors (Lipinski definition) is 0. The van der Waals surface area contributed by atoms with Gasteiger partial charge in [0.15, 0.2) is 5.70 Å². The maximum absolute atomic E-state index is 5.49. The van der Waals surface area contributed by atoms with Gasteiger partial charge in [0.25, 0.3) is 4.74 Å². The minimum atomic E-state index is 0.548. The third kappa shape index (κ3) is 2.76. The van der Waals surface area contributed by atoms with E-state index < -0.39 is 0 Å². The van der Waals surface area contributed by atoms with Gasteiger partial charge in [-0.05, 0) is 38.8 Å². The first-order valence-corrected chi connectivity index (χ1v) is 9.36. The van der Waals surface area contributed by atoms with E-state index >= 15 is 0 Å². The molecule has 6 heteroatoms. The molecule has 0 aromatic heterocycles. The molecule has 4 heterocycles. The van der Waals surface area contributed by atoms with E-state index in [0.29, 0.717) is 10.4 Å². The zero-order valence-electron chi connectivity index (χ0n) is 13.6. The van der Waals surface area contributed by atoms with Crippen molar-refractivity contribution in [1.29, 1.82) is 0 Å². The van der Waals surface area contributed by atoms with Crippen molar-refractivity contribution in [2.45, 2.75) is 31.7 Å². The number of aliphatic imine (C=N–C) groups is 2. The van der Waals surface area contributed by atoms with Crippen molar-refractivity contribution in [2.24, 2.45) is 15.9 Å².